The van der Waals surface area contributed by atoms with E-state index < -0.39 is 5.97 Å². The van der Waals surface area contributed by atoms with Gasteiger partial charge in [0.05, 0.1) is 5.92 Å². The largest absolute Gasteiger partial charge is 0.481 e. The van der Waals surface area contributed by atoms with E-state index in [2.05, 4.69) is 11.8 Å². The van der Waals surface area contributed by atoms with Gasteiger partial charge in [0.25, 0.3) is 0 Å². The molecule has 0 amide bonds. The van der Waals surface area contributed by atoms with Crippen LogP contribution >= 0.6 is 0 Å². The van der Waals surface area contributed by atoms with E-state index in [1.165, 1.54) is 6.07 Å². The monoisotopic (exact) mass is 265 g/mol. The van der Waals surface area contributed by atoms with E-state index >= 15 is 0 Å². The second kappa shape index (κ2) is 5.70. The zero-order valence-electron chi connectivity index (χ0n) is 11.3. The first kappa shape index (κ1) is 14.0. The molecule has 0 bridgehead atoms. The number of hydrogen-bond acceptors (Lipinski definition) is 2. The lowest BCUT2D eigenvalue weighted by Gasteiger charge is -2.32. The van der Waals surface area contributed by atoms with Crippen LogP contribution in [0.4, 0.5) is 4.39 Å². The molecule has 1 aromatic rings. The van der Waals surface area contributed by atoms with Gasteiger partial charge in [0.15, 0.2) is 0 Å². The molecule has 4 heteroatoms. The molecule has 19 heavy (non-hydrogen) atoms. The average molecular weight is 265 g/mol. The molecule has 1 saturated heterocycles. The summed E-state index contributed by atoms with van der Waals surface area (Å²) in [5, 5.41) is 9.18. The van der Waals surface area contributed by atoms with Crippen molar-refractivity contribution in [2.75, 3.05) is 6.54 Å². The number of carboxylic acid groups (broad SMARTS) is 1. The van der Waals surface area contributed by atoms with Crippen molar-refractivity contribution in [2.24, 2.45) is 5.92 Å². The van der Waals surface area contributed by atoms with Gasteiger partial charge < -0.3 is 5.11 Å². The van der Waals surface area contributed by atoms with Gasteiger partial charge in [-0.3, -0.25) is 9.69 Å². The van der Waals surface area contributed by atoms with Crippen molar-refractivity contribution >= 4 is 5.97 Å². The van der Waals surface area contributed by atoms with E-state index in [4.69, 9.17) is 0 Å². The Balaban J connectivity index is 2.21. The van der Waals surface area contributed by atoms with Gasteiger partial charge in [-0.15, -0.1) is 0 Å². The van der Waals surface area contributed by atoms with Crippen LogP contribution in [0, 0.1) is 11.7 Å². The summed E-state index contributed by atoms with van der Waals surface area (Å²) in [6, 6.07) is 6.69. The van der Waals surface area contributed by atoms with Crippen LogP contribution in [-0.2, 0) is 4.79 Å². The number of carboxylic acids is 1. The molecular weight excluding hydrogens is 245 g/mol. The maximum atomic E-state index is 13.3. The van der Waals surface area contributed by atoms with Crippen LogP contribution in [0.15, 0.2) is 24.3 Å². The van der Waals surface area contributed by atoms with Gasteiger partial charge in [0.1, 0.15) is 5.82 Å². The molecule has 104 valence electrons. The summed E-state index contributed by atoms with van der Waals surface area (Å²) in [5.74, 6) is -1.29. The average Bonchev–Trinajstić information content (AvgIpc) is 2.73. The van der Waals surface area contributed by atoms with Crippen LogP contribution in [0.5, 0.6) is 0 Å². The van der Waals surface area contributed by atoms with Crippen molar-refractivity contribution in [2.45, 2.75) is 38.8 Å². The van der Waals surface area contributed by atoms with Gasteiger partial charge >= 0.3 is 5.97 Å². The first-order valence-corrected chi connectivity index (χ1v) is 6.78. The van der Waals surface area contributed by atoms with Crippen molar-refractivity contribution in [3.05, 3.63) is 35.6 Å². The molecule has 1 aliphatic rings. The van der Waals surface area contributed by atoms with E-state index in [1.807, 2.05) is 13.0 Å². The first-order chi connectivity index (χ1) is 9.04. The van der Waals surface area contributed by atoms with Crippen molar-refractivity contribution in [3.8, 4) is 0 Å². The molecule has 3 atom stereocenters. The standard InChI is InChI=1S/C15H20FNO2/c1-3-14(11-5-4-6-12(16)9-11)17-8-7-13(10(17)2)15(18)19/h4-6,9-10,13-14H,3,7-8H2,1-2H3,(H,18,19). The maximum absolute atomic E-state index is 13.3. The third-order valence-electron chi connectivity index (χ3n) is 4.14. The van der Waals surface area contributed by atoms with Crippen LogP contribution in [0.2, 0.25) is 0 Å². The van der Waals surface area contributed by atoms with Gasteiger partial charge in [-0.05, 0) is 44.0 Å². The van der Waals surface area contributed by atoms with Gasteiger partial charge in [-0.2, -0.15) is 0 Å². The molecule has 0 aliphatic carbocycles. The smallest absolute Gasteiger partial charge is 0.308 e. The van der Waals surface area contributed by atoms with Crippen molar-refractivity contribution in [1.82, 2.24) is 4.90 Å². The molecule has 1 fully saturated rings. The fourth-order valence-corrected chi connectivity index (χ4v) is 3.11. The lowest BCUT2D eigenvalue weighted by Crippen LogP contribution is -2.35. The SMILES string of the molecule is CCC(c1cccc(F)c1)N1CCC(C(=O)O)C1C. The molecule has 1 heterocycles. The molecule has 1 aliphatic heterocycles. The number of nitrogens with zero attached hydrogens (tertiary/aromatic N) is 1. The Bertz CT molecular complexity index is 463. The van der Waals surface area contributed by atoms with Crippen LogP contribution in [-0.4, -0.2) is 28.6 Å². The molecule has 0 spiro atoms. The van der Waals surface area contributed by atoms with Crippen LogP contribution in [0.3, 0.4) is 0 Å². The fraction of sp³-hybridized carbons (Fsp3) is 0.533. The van der Waals surface area contributed by atoms with Crippen molar-refractivity contribution in [3.63, 3.8) is 0 Å². The minimum Gasteiger partial charge on any atom is -0.481 e. The molecule has 3 nitrogen and oxygen atoms in total. The Morgan fingerprint density at radius 2 is 2.32 bits per heavy atom. The summed E-state index contributed by atoms with van der Waals surface area (Å²) < 4.78 is 13.3. The Hall–Kier alpha value is -1.42. The number of halogens is 1. The zero-order chi connectivity index (χ0) is 14.0. The zero-order valence-corrected chi connectivity index (χ0v) is 11.3. The number of hydrogen-bond donors (Lipinski definition) is 1. The van der Waals surface area contributed by atoms with Crippen LogP contribution < -0.4 is 0 Å². The number of likely N-dealkylation sites (tertiary alicyclic amines) is 1. The van der Waals surface area contributed by atoms with E-state index in [0.29, 0.717) is 6.42 Å². The Morgan fingerprint density at radius 1 is 1.58 bits per heavy atom. The molecule has 3 unspecified atom stereocenters. The third kappa shape index (κ3) is 2.78. The number of carbonyl (C=O) groups is 1. The lowest BCUT2D eigenvalue weighted by molar-refractivity contribution is -0.142. The van der Waals surface area contributed by atoms with Gasteiger partial charge in [0.2, 0.25) is 0 Å². The molecule has 2 rings (SSSR count). The second-order valence-corrected chi connectivity index (χ2v) is 5.19. The maximum Gasteiger partial charge on any atom is 0.308 e. The topological polar surface area (TPSA) is 40.5 Å². The summed E-state index contributed by atoms with van der Waals surface area (Å²) in [6.07, 6.45) is 1.52. The summed E-state index contributed by atoms with van der Waals surface area (Å²) in [6.45, 7) is 4.76. The lowest BCUT2D eigenvalue weighted by atomic mass is 9.99. The van der Waals surface area contributed by atoms with E-state index in [0.717, 1.165) is 18.5 Å². The Morgan fingerprint density at radius 3 is 2.84 bits per heavy atom. The predicted octanol–water partition coefficient (Wildman–Crippen LogP) is 3.07. The normalized spacial score (nSPS) is 25.4. The summed E-state index contributed by atoms with van der Waals surface area (Å²) in [5.41, 5.74) is 0.931. The summed E-state index contributed by atoms with van der Waals surface area (Å²) in [7, 11) is 0. The minimum absolute atomic E-state index is 0.00860. The number of benzene rings is 1. The fourth-order valence-electron chi connectivity index (χ4n) is 3.11. The Kier molecular flexibility index (Phi) is 4.20. The first-order valence-electron chi connectivity index (χ1n) is 6.78. The summed E-state index contributed by atoms with van der Waals surface area (Å²) >= 11 is 0. The quantitative estimate of drug-likeness (QED) is 0.909. The van der Waals surface area contributed by atoms with Gasteiger partial charge in [0, 0.05) is 12.1 Å². The van der Waals surface area contributed by atoms with Crippen LogP contribution in [0.25, 0.3) is 0 Å². The highest BCUT2D eigenvalue weighted by molar-refractivity contribution is 5.71. The van der Waals surface area contributed by atoms with Gasteiger partial charge in [-0.25, -0.2) is 4.39 Å². The molecule has 1 N–H and O–H groups in total. The van der Waals surface area contributed by atoms with E-state index in [-0.39, 0.29) is 23.8 Å². The predicted molar refractivity (Wildman–Crippen MR) is 71.3 cm³/mol. The van der Waals surface area contributed by atoms with Crippen molar-refractivity contribution < 1.29 is 14.3 Å². The summed E-state index contributed by atoms with van der Waals surface area (Å²) in [4.78, 5) is 13.4. The van der Waals surface area contributed by atoms with E-state index in [9.17, 15) is 14.3 Å². The highest BCUT2D eigenvalue weighted by Gasteiger charge is 2.38. The highest BCUT2D eigenvalue weighted by atomic mass is 19.1. The van der Waals surface area contributed by atoms with Crippen LogP contribution in [0.1, 0.15) is 38.3 Å². The molecule has 0 radical (unpaired) electrons. The third-order valence-corrected chi connectivity index (χ3v) is 4.14. The Labute approximate surface area is 113 Å². The van der Waals surface area contributed by atoms with Crippen molar-refractivity contribution in [1.29, 1.82) is 0 Å². The molecule has 1 aromatic carbocycles. The highest BCUT2D eigenvalue weighted by Crippen LogP contribution is 2.34. The van der Waals surface area contributed by atoms with E-state index in [1.54, 1.807) is 12.1 Å². The minimum atomic E-state index is -0.732. The number of rotatable bonds is 4. The second-order valence-electron chi connectivity index (χ2n) is 5.19. The van der Waals surface area contributed by atoms with Gasteiger partial charge in [-0.1, -0.05) is 19.1 Å². The number of aliphatic carboxylic acids is 1. The molecular formula is C15H20FNO2. The molecule has 0 saturated carbocycles. The molecule has 0 aromatic heterocycles.